The Labute approximate surface area is 91.3 Å². The first-order valence-corrected chi connectivity index (χ1v) is 5.31. The van der Waals surface area contributed by atoms with E-state index in [0.717, 1.165) is 19.3 Å². The van der Waals surface area contributed by atoms with Crippen LogP contribution >= 0.6 is 0 Å². The minimum atomic E-state index is -0.228. The van der Waals surface area contributed by atoms with Gasteiger partial charge in [-0.2, -0.15) is 0 Å². The molecular weight excluding hydrogens is 188 g/mol. The molecule has 82 valence electrons. The zero-order valence-electron chi connectivity index (χ0n) is 9.40. The van der Waals surface area contributed by atoms with Gasteiger partial charge >= 0.3 is 0 Å². The average Bonchev–Trinajstić information content (AvgIpc) is 2.25. The molecule has 1 atom stereocenters. The molecule has 2 heteroatoms. The maximum absolute atomic E-state index is 11.1. The van der Waals surface area contributed by atoms with Gasteiger partial charge in [0.1, 0.15) is 6.10 Å². The lowest BCUT2D eigenvalue weighted by Gasteiger charge is -2.11. The Hall–Kier alpha value is -1.15. The van der Waals surface area contributed by atoms with Crippen molar-refractivity contribution in [2.24, 2.45) is 0 Å². The molecule has 0 bridgehead atoms. The van der Waals surface area contributed by atoms with Gasteiger partial charge in [-0.1, -0.05) is 30.3 Å². The number of ketones is 1. The Morgan fingerprint density at radius 3 is 2.53 bits per heavy atom. The number of carbonyl (C=O) groups is 1. The highest BCUT2D eigenvalue weighted by Gasteiger charge is 2.11. The summed E-state index contributed by atoms with van der Waals surface area (Å²) in [6.45, 7) is 1.58. The number of Topliss-reactive ketones (excluding diaryl/α,β-unsaturated/α-hetero) is 1. The first-order valence-electron chi connectivity index (χ1n) is 5.31. The van der Waals surface area contributed by atoms with Crippen LogP contribution in [0, 0.1) is 0 Å². The molecule has 2 nitrogen and oxygen atoms in total. The molecule has 1 rings (SSSR count). The molecule has 0 saturated heterocycles. The molecule has 0 spiro atoms. The second-order valence-corrected chi connectivity index (χ2v) is 3.71. The molecule has 0 heterocycles. The summed E-state index contributed by atoms with van der Waals surface area (Å²) in [5, 5.41) is 0. The van der Waals surface area contributed by atoms with Crippen molar-refractivity contribution in [3.63, 3.8) is 0 Å². The summed E-state index contributed by atoms with van der Waals surface area (Å²) in [6, 6.07) is 10.3. The van der Waals surface area contributed by atoms with Gasteiger partial charge in [-0.25, -0.2) is 0 Å². The third kappa shape index (κ3) is 4.26. The highest BCUT2D eigenvalue weighted by Crippen LogP contribution is 2.08. The van der Waals surface area contributed by atoms with Gasteiger partial charge in [0, 0.05) is 7.11 Å². The van der Waals surface area contributed by atoms with Crippen LogP contribution in [0.15, 0.2) is 30.3 Å². The minimum Gasteiger partial charge on any atom is -0.374 e. The number of methoxy groups -OCH3 is 1. The lowest BCUT2D eigenvalue weighted by molar-refractivity contribution is -0.126. The fourth-order valence-corrected chi connectivity index (χ4v) is 1.62. The third-order valence-corrected chi connectivity index (χ3v) is 2.51. The third-order valence-electron chi connectivity index (χ3n) is 2.51. The highest BCUT2D eigenvalue weighted by molar-refractivity contribution is 5.80. The van der Waals surface area contributed by atoms with E-state index in [0.29, 0.717) is 0 Å². The van der Waals surface area contributed by atoms with Crippen LogP contribution in [0.4, 0.5) is 0 Å². The Bertz CT molecular complexity index is 293. The van der Waals surface area contributed by atoms with Crippen LogP contribution in [0.2, 0.25) is 0 Å². The molecule has 1 unspecified atom stereocenters. The van der Waals surface area contributed by atoms with E-state index in [1.165, 1.54) is 5.56 Å². The smallest absolute Gasteiger partial charge is 0.158 e. The van der Waals surface area contributed by atoms with Gasteiger partial charge in [0.25, 0.3) is 0 Å². The van der Waals surface area contributed by atoms with Crippen LogP contribution < -0.4 is 0 Å². The van der Waals surface area contributed by atoms with Crippen molar-refractivity contribution < 1.29 is 9.53 Å². The topological polar surface area (TPSA) is 26.3 Å². The van der Waals surface area contributed by atoms with Crippen molar-refractivity contribution in [1.29, 1.82) is 0 Å². The van der Waals surface area contributed by atoms with E-state index in [-0.39, 0.29) is 11.9 Å². The summed E-state index contributed by atoms with van der Waals surface area (Å²) in [5.74, 6) is 0.116. The highest BCUT2D eigenvalue weighted by atomic mass is 16.5. The van der Waals surface area contributed by atoms with E-state index in [4.69, 9.17) is 4.74 Å². The fourth-order valence-electron chi connectivity index (χ4n) is 1.62. The summed E-state index contributed by atoms with van der Waals surface area (Å²) in [7, 11) is 1.59. The molecule has 0 N–H and O–H groups in total. The zero-order chi connectivity index (χ0) is 11.1. The summed E-state index contributed by atoms with van der Waals surface area (Å²) >= 11 is 0. The van der Waals surface area contributed by atoms with Crippen LogP contribution in [-0.4, -0.2) is 19.0 Å². The molecule has 0 fully saturated rings. The maximum atomic E-state index is 11.1. The van der Waals surface area contributed by atoms with Crippen LogP contribution in [0.1, 0.15) is 25.3 Å². The molecule has 0 aliphatic carbocycles. The lowest BCUT2D eigenvalue weighted by Crippen LogP contribution is -2.19. The van der Waals surface area contributed by atoms with Gasteiger partial charge in [-0.3, -0.25) is 4.79 Å². The van der Waals surface area contributed by atoms with Crippen molar-refractivity contribution in [3.8, 4) is 0 Å². The van der Waals surface area contributed by atoms with E-state index in [2.05, 4.69) is 12.1 Å². The second-order valence-electron chi connectivity index (χ2n) is 3.71. The van der Waals surface area contributed by atoms with Gasteiger partial charge in [0.05, 0.1) is 0 Å². The van der Waals surface area contributed by atoms with Crippen LogP contribution in [0.3, 0.4) is 0 Å². The second kappa shape index (κ2) is 6.36. The summed E-state index contributed by atoms with van der Waals surface area (Å²) in [6.07, 6.45) is 2.57. The zero-order valence-corrected chi connectivity index (χ0v) is 9.40. The molecule has 1 aromatic carbocycles. The molecule has 0 radical (unpaired) electrons. The van der Waals surface area contributed by atoms with E-state index in [1.54, 1.807) is 14.0 Å². The van der Waals surface area contributed by atoms with Gasteiger partial charge in [-0.05, 0) is 31.7 Å². The lowest BCUT2D eigenvalue weighted by atomic mass is 10.0. The first kappa shape index (κ1) is 11.9. The quantitative estimate of drug-likeness (QED) is 0.715. The molecular formula is C13H18O2. The number of carbonyl (C=O) groups excluding carboxylic acids is 1. The number of hydrogen-bond acceptors (Lipinski definition) is 2. The van der Waals surface area contributed by atoms with Crippen molar-refractivity contribution in [1.82, 2.24) is 0 Å². The van der Waals surface area contributed by atoms with Crippen LogP contribution in [0.5, 0.6) is 0 Å². The van der Waals surface area contributed by atoms with Gasteiger partial charge in [-0.15, -0.1) is 0 Å². The van der Waals surface area contributed by atoms with Crippen molar-refractivity contribution in [2.75, 3.05) is 7.11 Å². The Morgan fingerprint density at radius 1 is 1.33 bits per heavy atom. The van der Waals surface area contributed by atoms with Crippen LogP contribution in [0.25, 0.3) is 0 Å². The SMILES string of the molecule is COC(CCCc1ccccc1)C(C)=O. The van der Waals surface area contributed by atoms with Gasteiger partial charge in [0.15, 0.2) is 5.78 Å². The molecule has 0 aromatic heterocycles. The van der Waals surface area contributed by atoms with Crippen molar-refractivity contribution in [3.05, 3.63) is 35.9 Å². The standard InChI is InChI=1S/C13H18O2/c1-11(14)13(15-2)10-6-9-12-7-4-3-5-8-12/h3-5,7-8,13H,6,9-10H2,1-2H3. The largest absolute Gasteiger partial charge is 0.374 e. The van der Waals surface area contributed by atoms with Crippen LogP contribution in [-0.2, 0) is 16.0 Å². The molecule has 0 aliphatic rings. The predicted molar refractivity (Wildman–Crippen MR) is 60.9 cm³/mol. The summed E-state index contributed by atoms with van der Waals surface area (Å²) < 4.78 is 5.10. The monoisotopic (exact) mass is 206 g/mol. The number of rotatable bonds is 6. The predicted octanol–water partition coefficient (Wildman–Crippen LogP) is 2.61. The summed E-state index contributed by atoms with van der Waals surface area (Å²) in [5.41, 5.74) is 1.32. The van der Waals surface area contributed by atoms with E-state index < -0.39 is 0 Å². The first-order chi connectivity index (χ1) is 7.24. The minimum absolute atomic E-state index is 0.116. The molecule has 0 amide bonds. The Kier molecular flexibility index (Phi) is 5.05. The average molecular weight is 206 g/mol. The normalized spacial score (nSPS) is 12.4. The Morgan fingerprint density at radius 2 is 2.00 bits per heavy atom. The maximum Gasteiger partial charge on any atom is 0.158 e. The van der Waals surface area contributed by atoms with Gasteiger partial charge < -0.3 is 4.74 Å². The van der Waals surface area contributed by atoms with Gasteiger partial charge in [0.2, 0.25) is 0 Å². The van der Waals surface area contributed by atoms with Crippen molar-refractivity contribution in [2.45, 2.75) is 32.3 Å². The Balaban J connectivity index is 2.30. The summed E-state index contributed by atoms with van der Waals surface area (Å²) in [4.78, 5) is 11.1. The van der Waals surface area contributed by atoms with E-state index >= 15 is 0 Å². The number of ether oxygens (including phenoxy) is 1. The number of hydrogen-bond donors (Lipinski definition) is 0. The van der Waals surface area contributed by atoms with E-state index in [9.17, 15) is 4.79 Å². The van der Waals surface area contributed by atoms with Crippen molar-refractivity contribution >= 4 is 5.78 Å². The fraction of sp³-hybridized carbons (Fsp3) is 0.462. The molecule has 15 heavy (non-hydrogen) atoms. The molecule has 0 aliphatic heterocycles. The van der Waals surface area contributed by atoms with E-state index in [1.807, 2.05) is 18.2 Å². The number of benzene rings is 1. The number of aryl methyl sites for hydroxylation is 1. The molecule has 1 aromatic rings. The molecule has 0 saturated carbocycles.